The molecule has 9 heavy (non-hydrogen) atoms. The summed E-state index contributed by atoms with van der Waals surface area (Å²) in [4.78, 5) is 0. The maximum atomic E-state index is 2.17. The normalized spacial score (nSPS) is 3.67. The van der Waals surface area contributed by atoms with Crippen LogP contribution in [-0.2, 0) is 51.2 Å². The Bertz CT molecular complexity index is 33.4. The summed E-state index contributed by atoms with van der Waals surface area (Å²) in [5.41, 5.74) is 0. The third-order valence-corrected chi connectivity index (χ3v) is 0. The first-order valence-corrected chi connectivity index (χ1v) is 10.9. The predicted molar refractivity (Wildman–Crippen MR) is 51.5 cm³/mol. The fraction of sp³-hybridized carbons (Fsp3) is 0. The molecule has 0 N–H and O–H groups in total. The van der Waals surface area contributed by atoms with Crippen molar-refractivity contribution in [3.63, 3.8) is 0 Å². The molecule has 0 unspecified atom stereocenters. The van der Waals surface area contributed by atoms with Crippen LogP contribution in [0.15, 0.2) is 0 Å². The van der Waals surface area contributed by atoms with Crippen LogP contribution < -0.4 is 0 Å². The van der Waals surface area contributed by atoms with Gasteiger partial charge in [-0.2, -0.15) is 0 Å². The van der Waals surface area contributed by atoms with E-state index in [9.17, 15) is 0 Å². The maximum absolute atomic E-state index is 2.17. The SMILES string of the molecule is [AlH2].[Ba+2].[Ca+2].[Fe].[Fe].[H-].[H-].[H-].[H-].[Mn].[SiH2][SiH2][SiH3]. The van der Waals surface area contributed by atoms with Crippen molar-refractivity contribution in [1.29, 1.82) is 0 Å². The van der Waals surface area contributed by atoms with Crippen molar-refractivity contribution in [3.05, 3.63) is 0 Å². The molecule has 0 aromatic rings. The molecular weight excluding hydrogens is 455 g/mol. The van der Waals surface area contributed by atoms with Crippen LogP contribution in [-0.4, -0.2) is 132 Å². The first kappa shape index (κ1) is 46.8. The number of rotatable bonds is 0. The zero-order valence-electron chi connectivity index (χ0n) is 9.91. The number of hydrogen-bond donors (Lipinski definition) is 0. The Morgan fingerprint density at radius 1 is 1.33 bits per heavy atom. The van der Waals surface area contributed by atoms with E-state index in [0.717, 1.165) is 0 Å². The van der Waals surface area contributed by atoms with Crippen LogP contribution in [0.5, 0.6) is 0 Å². The van der Waals surface area contributed by atoms with Gasteiger partial charge in [0.2, 0.25) is 0 Å². The van der Waals surface area contributed by atoms with Crippen molar-refractivity contribution in [3.8, 4) is 0 Å². The third-order valence-electron chi connectivity index (χ3n) is 0. The van der Waals surface area contributed by atoms with E-state index in [1.807, 2.05) is 0 Å². The fourth-order valence-corrected chi connectivity index (χ4v) is 0. The van der Waals surface area contributed by atoms with Crippen molar-refractivity contribution in [1.82, 2.24) is 0 Å². The Hall–Kier alpha value is 5.57. The van der Waals surface area contributed by atoms with Crippen molar-refractivity contribution < 1.29 is 56.9 Å². The summed E-state index contributed by atoms with van der Waals surface area (Å²) in [5, 5.41) is 0. The molecule has 0 aliphatic heterocycles. The van der Waals surface area contributed by atoms with E-state index < -0.39 is 0 Å². The Labute approximate surface area is 184 Å². The van der Waals surface area contributed by atoms with E-state index >= 15 is 0 Å². The number of hydrogen-bond acceptors (Lipinski definition) is 0. The average molecular weight is 468 g/mol. The molecule has 0 aliphatic carbocycles. The van der Waals surface area contributed by atoms with E-state index in [2.05, 4.69) is 9.76 Å². The van der Waals surface area contributed by atoms with Gasteiger partial charge in [-0.25, -0.2) is 0 Å². The van der Waals surface area contributed by atoms with Crippen LogP contribution in [0.25, 0.3) is 0 Å². The second-order valence-corrected chi connectivity index (χ2v) is 13.5. The summed E-state index contributed by atoms with van der Waals surface area (Å²) < 4.78 is 0. The standard InChI is InChI=1S/Al.Ba.Ca.2Fe.Mn.H7Si3.6H/c;;;;;;1-3-2;;;;;;/h;;;;;;1,3H2,2H3;;;;;;/q;2*+2;;;;;;;4*-1. The fourth-order valence-electron chi connectivity index (χ4n) is 0. The first-order chi connectivity index (χ1) is 1.41. The van der Waals surface area contributed by atoms with Gasteiger partial charge in [0, 0.05) is 51.2 Å². The van der Waals surface area contributed by atoms with Gasteiger partial charge in [0.1, 0.15) is 17.4 Å². The minimum absolute atomic E-state index is 0. The molecule has 0 nitrogen and oxygen atoms in total. The molecule has 0 fully saturated rings. The van der Waals surface area contributed by atoms with Crippen molar-refractivity contribution in [2.45, 2.75) is 0 Å². The van der Waals surface area contributed by atoms with Crippen LogP contribution in [0, 0.1) is 0 Å². The minimum atomic E-state index is 0. The monoisotopic (exact) mass is 469 g/mol. The summed E-state index contributed by atoms with van der Waals surface area (Å²) in [5.74, 6) is 0. The molecule has 0 bridgehead atoms. The topological polar surface area (TPSA) is 0 Å². The third kappa shape index (κ3) is 58.5. The molecule has 0 spiro atoms. The van der Waals surface area contributed by atoms with Gasteiger partial charge in [0.25, 0.3) is 0 Å². The van der Waals surface area contributed by atoms with E-state index in [4.69, 9.17) is 0 Å². The molecular formula is H13AlBaCaFe2MnSi3. The van der Waals surface area contributed by atoms with Crippen LogP contribution in [0.3, 0.4) is 0 Å². The van der Waals surface area contributed by atoms with Gasteiger partial charge in [-0.3, -0.25) is 0 Å². The second kappa shape index (κ2) is 49.7. The zero-order chi connectivity index (χ0) is 2.71. The van der Waals surface area contributed by atoms with Crippen LogP contribution >= 0.6 is 0 Å². The Morgan fingerprint density at radius 2 is 1.33 bits per heavy atom. The summed E-state index contributed by atoms with van der Waals surface area (Å²) in [7, 11) is 4.28. The Morgan fingerprint density at radius 3 is 1.33 bits per heavy atom. The van der Waals surface area contributed by atoms with Gasteiger partial charge in [-0.1, -0.05) is 0 Å². The van der Waals surface area contributed by atoms with Gasteiger partial charge < -0.3 is 5.71 Å². The van der Waals surface area contributed by atoms with Gasteiger partial charge in [0.15, 0.2) is 0 Å². The molecule has 0 atom stereocenters. The minimum Gasteiger partial charge on any atom is -1.00 e. The smallest absolute Gasteiger partial charge is 1.00 e. The van der Waals surface area contributed by atoms with E-state index in [0.29, 0.717) is 8.55 Å². The van der Waals surface area contributed by atoms with Crippen LogP contribution in [0.1, 0.15) is 5.71 Å². The maximum Gasteiger partial charge on any atom is 2.00 e. The molecule has 3 radical (unpaired) electrons. The Balaban J connectivity index is -0.000000000444. The zero-order valence-corrected chi connectivity index (χ0v) is 22.8. The molecule has 0 heterocycles. The molecule has 9 heteroatoms. The molecule has 0 saturated carbocycles. The van der Waals surface area contributed by atoms with Crippen molar-refractivity contribution in [2.24, 2.45) is 0 Å². The van der Waals surface area contributed by atoms with Crippen LogP contribution in [0.4, 0.5) is 0 Å². The van der Waals surface area contributed by atoms with Crippen LogP contribution in [0.2, 0.25) is 0 Å². The summed E-state index contributed by atoms with van der Waals surface area (Å²) in [6.07, 6.45) is 0. The average Bonchev–Trinajstić information content (AvgIpc) is 0.918. The van der Waals surface area contributed by atoms with E-state index in [-0.39, 0.29) is 161 Å². The summed E-state index contributed by atoms with van der Waals surface area (Å²) in [6, 6.07) is 0. The van der Waals surface area contributed by atoms with Gasteiger partial charge in [0.05, 0.1) is 0 Å². The first-order valence-electron chi connectivity index (χ1n) is 1.21. The van der Waals surface area contributed by atoms with Crippen molar-refractivity contribution in [2.75, 3.05) is 0 Å². The predicted octanol–water partition coefficient (Wildman–Crippen LogP) is -4.25. The molecule has 0 aromatic carbocycles. The van der Waals surface area contributed by atoms with E-state index in [1.54, 1.807) is 0 Å². The molecule has 0 rings (SSSR count). The molecule has 0 aliphatic rings. The van der Waals surface area contributed by atoms with Gasteiger partial charge in [-0.05, 0) is 28.1 Å². The van der Waals surface area contributed by atoms with Gasteiger partial charge in [-0.15, -0.1) is 0 Å². The molecule has 0 aromatic heterocycles. The molecule has 55 valence electrons. The molecule has 0 saturated heterocycles. The van der Waals surface area contributed by atoms with E-state index in [1.165, 1.54) is 9.76 Å². The molecule has 0 amide bonds. The summed E-state index contributed by atoms with van der Waals surface area (Å²) in [6.45, 7) is 0. The van der Waals surface area contributed by atoms with Crippen molar-refractivity contribution >= 4 is 132 Å². The summed E-state index contributed by atoms with van der Waals surface area (Å²) >= 11 is 0. The quantitative estimate of drug-likeness (QED) is 0.316. The second-order valence-electron chi connectivity index (χ2n) is 0.500. The largest absolute Gasteiger partial charge is 2.00 e. The van der Waals surface area contributed by atoms with Gasteiger partial charge >= 0.3 is 86.6 Å². The Kier molecular flexibility index (Phi) is 258.